The first-order valence-electron chi connectivity index (χ1n) is 4.78. The zero-order valence-corrected chi connectivity index (χ0v) is 8.57. The van der Waals surface area contributed by atoms with E-state index in [1.54, 1.807) is 7.11 Å². The topological polar surface area (TPSA) is 35.2 Å². The van der Waals surface area contributed by atoms with Crippen molar-refractivity contribution < 1.29 is 4.74 Å². The smallest absolute Gasteiger partial charge is 0.119 e. The summed E-state index contributed by atoms with van der Waals surface area (Å²) in [5.41, 5.74) is 7.12. The van der Waals surface area contributed by atoms with Crippen LogP contribution < -0.4 is 10.5 Å². The molecule has 0 aliphatic heterocycles. The van der Waals surface area contributed by atoms with Gasteiger partial charge in [0.2, 0.25) is 0 Å². The lowest BCUT2D eigenvalue weighted by Gasteiger charge is -2.11. The summed E-state index contributed by atoms with van der Waals surface area (Å²) < 4.78 is 5.13. The lowest BCUT2D eigenvalue weighted by atomic mass is 10.0. The van der Waals surface area contributed by atoms with Crippen molar-refractivity contribution in [1.29, 1.82) is 0 Å². The highest BCUT2D eigenvalue weighted by atomic mass is 16.5. The molecule has 14 heavy (non-hydrogen) atoms. The van der Waals surface area contributed by atoms with E-state index in [0.29, 0.717) is 0 Å². The van der Waals surface area contributed by atoms with Gasteiger partial charge in [0.1, 0.15) is 5.75 Å². The first-order valence-corrected chi connectivity index (χ1v) is 4.78. The SMILES string of the molecule is C=CCC[C@H](N)c1cccc(OC)c1. The Balaban J connectivity index is 2.68. The quantitative estimate of drug-likeness (QED) is 0.726. The molecule has 0 unspecified atom stereocenters. The Morgan fingerprint density at radius 2 is 2.36 bits per heavy atom. The molecule has 0 radical (unpaired) electrons. The summed E-state index contributed by atoms with van der Waals surface area (Å²) in [6.45, 7) is 3.68. The zero-order chi connectivity index (χ0) is 10.4. The number of nitrogens with two attached hydrogens (primary N) is 1. The second-order valence-corrected chi connectivity index (χ2v) is 3.25. The van der Waals surface area contributed by atoms with Gasteiger partial charge in [-0.2, -0.15) is 0 Å². The fraction of sp³-hybridized carbons (Fsp3) is 0.333. The minimum Gasteiger partial charge on any atom is -0.497 e. The van der Waals surface area contributed by atoms with Gasteiger partial charge in [0.25, 0.3) is 0 Å². The Hall–Kier alpha value is -1.28. The van der Waals surface area contributed by atoms with Gasteiger partial charge < -0.3 is 10.5 Å². The van der Waals surface area contributed by atoms with Gasteiger partial charge in [-0.15, -0.1) is 6.58 Å². The van der Waals surface area contributed by atoms with E-state index in [1.165, 1.54) is 0 Å². The van der Waals surface area contributed by atoms with E-state index in [2.05, 4.69) is 6.58 Å². The molecule has 1 atom stereocenters. The molecule has 0 aliphatic rings. The zero-order valence-electron chi connectivity index (χ0n) is 8.57. The summed E-state index contributed by atoms with van der Waals surface area (Å²) in [6.07, 6.45) is 3.76. The molecule has 0 bridgehead atoms. The highest BCUT2D eigenvalue weighted by Crippen LogP contribution is 2.20. The Morgan fingerprint density at radius 3 is 3.00 bits per heavy atom. The van der Waals surface area contributed by atoms with E-state index in [0.717, 1.165) is 24.2 Å². The molecule has 0 amide bonds. The van der Waals surface area contributed by atoms with Crippen molar-refractivity contribution in [2.45, 2.75) is 18.9 Å². The van der Waals surface area contributed by atoms with Gasteiger partial charge >= 0.3 is 0 Å². The third-order valence-electron chi connectivity index (χ3n) is 2.20. The van der Waals surface area contributed by atoms with E-state index in [4.69, 9.17) is 10.5 Å². The molecule has 2 N–H and O–H groups in total. The summed E-state index contributed by atoms with van der Waals surface area (Å²) in [6, 6.07) is 7.96. The lowest BCUT2D eigenvalue weighted by Crippen LogP contribution is -2.09. The predicted molar refractivity (Wildman–Crippen MR) is 59.4 cm³/mol. The molecular formula is C12H17NO. The molecule has 0 saturated heterocycles. The van der Waals surface area contributed by atoms with Crippen molar-refractivity contribution in [3.8, 4) is 5.75 Å². The summed E-state index contributed by atoms with van der Waals surface area (Å²) in [4.78, 5) is 0. The molecule has 0 spiro atoms. The summed E-state index contributed by atoms with van der Waals surface area (Å²) in [7, 11) is 1.66. The van der Waals surface area contributed by atoms with Crippen LogP contribution in [0.5, 0.6) is 5.75 Å². The number of benzene rings is 1. The minimum atomic E-state index is 0.0723. The fourth-order valence-corrected chi connectivity index (χ4v) is 1.34. The maximum absolute atomic E-state index is 6.00. The van der Waals surface area contributed by atoms with Crippen LogP contribution in [0.15, 0.2) is 36.9 Å². The van der Waals surface area contributed by atoms with Crippen LogP contribution in [0.4, 0.5) is 0 Å². The van der Waals surface area contributed by atoms with Gasteiger partial charge in [-0.3, -0.25) is 0 Å². The monoisotopic (exact) mass is 191 g/mol. The summed E-state index contributed by atoms with van der Waals surface area (Å²) in [5, 5.41) is 0. The van der Waals surface area contributed by atoms with Crippen molar-refractivity contribution in [2.24, 2.45) is 5.73 Å². The number of methoxy groups -OCH3 is 1. The van der Waals surface area contributed by atoms with Gasteiger partial charge in [0, 0.05) is 6.04 Å². The van der Waals surface area contributed by atoms with Gasteiger partial charge in [0.05, 0.1) is 7.11 Å². The Morgan fingerprint density at radius 1 is 1.57 bits per heavy atom. The Bertz CT molecular complexity index is 296. The van der Waals surface area contributed by atoms with E-state index in [1.807, 2.05) is 30.3 Å². The van der Waals surface area contributed by atoms with Gasteiger partial charge in [-0.1, -0.05) is 18.2 Å². The molecule has 0 aliphatic carbocycles. The van der Waals surface area contributed by atoms with Crippen LogP contribution >= 0.6 is 0 Å². The van der Waals surface area contributed by atoms with Crippen molar-refractivity contribution in [3.05, 3.63) is 42.5 Å². The van der Waals surface area contributed by atoms with Crippen LogP contribution in [0.3, 0.4) is 0 Å². The van der Waals surface area contributed by atoms with E-state index < -0.39 is 0 Å². The Labute approximate surface area is 85.4 Å². The molecule has 2 heteroatoms. The third-order valence-corrected chi connectivity index (χ3v) is 2.20. The molecule has 0 aromatic heterocycles. The number of ether oxygens (including phenoxy) is 1. The maximum atomic E-state index is 6.00. The molecule has 1 rings (SSSR count). The highest BCUT2D eigenvalue weighted by Gasteiger charge is 2.05. The third kappa shape index (κ3) is 2.89. The minimum absolute atomic E-state index is 0.0723. The van der Waals surface area contributed by atoms with Crippen LogP contribution in [0.2, 0.25) is 0 Å². The van der Waals surface area contributed by atoms with Gasteiger partial charge in [-0.05, 0) is 30.5 Å². The predicted octanol–water partition coefficient (Wildman–Crippen LogP) is 2.66. The first kappa shape index (κ1) is 10.8. The summed E-state index contributed by atoms with van der Waals surface area (Å²) >= 11 is 0. The molecule has 2 nitrogen and oxygen atoms in total. The van der Waals surface area contributed by atoms with E-state index in [9.17, 15) is 0 Å². The summed E-state index contributed by atoms with van der Waals surface area (Å²) in [5.74, 6) is 0.858. The molecule has 0 saturated carbocycles. The second-order valence-electron chi connectivity index (χ2n) is 3.25. The molecule has 1 aromatic rings. The van der Waals surface area contributed by atoms with Gasteiger partial charge in [0.15, 0.2) is 0 Å². The average Bonchev–Trinajstić information content (AvgIpc) is 2.26. The standard InChI is InChI=1S/C12H17NO/c1-3-4-8-12(13)10-6-5-7-11(9-10)14-2/h3,5-7,9,12H,1,4,8,13H2,2H3/t12-/m0/s1. The van der Waals surface area contributed by atoms with Crippen molar-refractivity contribution in [2.75, 3.05) is 7.11 Å². The average molecular weight is 191 g/mol. The van der Waals surface area contributed by atoms with E-state index in [-0.39, 0.29) is 6.04 Å². The fourth-order valence-electron chi connectivity index (χ4n) is 1.34. The number of rotatable bonds is 5. The molecule has 76 valence electrons. The van der Waals surface area contributed by atoms with Crippen LogP contribution in [0.1, 0.15) is 24.4 Å². The largest absolute Gasteiger partial charge is 0.497 e. The molecule has 0 fully saturated rings. The second kappa shape index (κ2) is 5.45. The van der Waals surface area contributed by atoms with Gasteiger partial charge in [-0.25, -0.2) is 0 Å². The number of hydrogen-bond acceptors (Lipinski definition) is 2. The lowest BCUT2D eigenvalue weighted by molar-refractivity contribution is 0.413. The molecule has 1 aromatic carbocycles. The molecular weight excluding hydrogens is 174 g/mol. The van der Waals surface area contributed by atoms with Crippen LogP contribution in [0.25, 0.3) is 0 Å². The highest BCUT2D eigenvalue weighted by molar-refractivity contribution is 5.30. The van der Waals surface area contributed by atoms with Crippen LogP contribution in [0, 0.1) is 0 Å². The normalized spacial score (nSPS) is 12.1. The number of hydrogen-bond donors (Lipinski definition) is 1. The van der Waals surface area contributed by atoms with Crippen LogP contribution in [-0.4, -0.2) is 7.11 Å². The van der Waals surface area contributed by atoms with E-state index >= 15 is 0 Å². The van der Waals surface area contributed by atoms with Crippen molar-refractivity contribution in [3.63, 3.8) is 0 Å². The van der Waals surface area contributed by atoms with Crippen molar-refractivity contribution in [1.82, 2.24) is 0 Å². The Kier molecular flexibility index (Phi) is 4.20. The maximum Gasteiger partial charge on any atom is 0.119 e. The molecule has 0 heterocycles. The first-order chi connectivity index (χ1) is 6.77. The number of allylic oxidation sites excluding steroid dienone is 1. The van der Waals surface area contributed by atoms with Crippen LogP contribution in [-0.2, 0) is 0 Å². The van der Waals surface area contributed by atoms with Crippen molar-refractivity contribution >= 4 is 0 Å².